The van der Waals surface area contributed by atoms with Crippen molar-refractivity contribution < 1.29 is 19.1 Å². The molecule has 3 aromatic carbocycles. The number of nitrogens with zero attached hydrogens (tertiary/aromatic N) is 2. The Morgan fingerprint density at radius 1 is 0.879 bits per heavy atom. The van der Waals surface area contributed by atoms with Gasteiger partial charge >= 0.3 is 0 Å². The molecule has 3 aromatic rings. The fourth-order valence-corrected chi connectivity index (χ4v) is 3.08. The molecule has 0 bridgehead atoms. The first kappa shape index (κ1) is 23.4. The fourth-order valence-electron chi connectivity index (χ4n) is 3.08. The number of carbonyl (C=O) groups is 3. The Labute approximate surface area is 192 Å². The van der Waals surface area contributed by atoms with E-state index < -0.39 is 24.1 Å². The molecule has 0 saturated heterocycles. The number of hydrogen-bond acceptors (Lipinski definition) is 5. The van der Waals surface area contributed by atoms with Crippen LogP contribution >= 0.6 is 0 Å². The van der Waals surface area contributed by atoms with Crippen LogP contribution < -0.4 is 15.1 Å². The molecular formula is C26H25N3O4. The third-order valence-electron chi connectivity index (χ3n) is 4.93. The van der Waals surface area contributed by atoms with Gasteiger partial charge in [0, 0.05) is 5.56 Å². The van der Waals surface area contributed by atoms with Crippen LogP contribution in [0.1, 0.15) is 34.8 Å². The molecule has 0 aliphatic rings. The van der Waals surface area contributed by atoms with Crippen molar-refractivity contribution in [2.75, 3.05) is 12.0 Å². The summed E-state index contributed by atoms with van der Waals surface area (Å²) < 4.78 is 5.13. The number of hydrazone groups is 1. The van der Waals surface area contributed by atoms with Gasteiger partial charge in [-0.1, -0.05) is 35.9 Å². The molecule has 0 fully saturated rings. The van der Waals surface area contributed by atoms with Crippen LogP contribution in [0.4, 0.5) is 5.69 Å². The van der Waals surface area contributed by atoms with Crippen LogP contribution in [-0.4, -0.2) is 30.5 Å². The van der Waals surface area contributed by atoms with Crippen molar-refractivity contribution in [1.29, 1.82) is 0 Å². The second-order valence-corrected chi connectivity index (χ2v) is 7.37. The minimum absolute atomic E-state index is 0.347. The molecule has 3 amide bonds. The van der Waals surface area contributed by atoms with Crippen LogP contribution in [0.5, 0.6) is 5.75 Å². The van der Waals surface area contributed by atoms with E-state index in [-0.39, 0.29) is 0 Å². The third kappa shape index (κ3) is 6.13. The summed E-state index contributed by atoms with van der Waals surface area (Å²) in [5.74, 6) is -1.07. The molecule has 0 aromatic heterocycles. The third-order valence-corrected chi connectivity index (χ3v) is 4.93. The summed E-state index contributed by atoms with van der Waals surface area (Å²) in [6, 6.07) is 22.6. The van der Waals surface area contributed by atoms with Crippen molar-refractivity contribution >= 4 is 29.1 Å². The summed E-state index contributed by atoms with van der Waals surface area (Å²) in [7, 11) is 1.58. The zero-order chi connectivity index (χ0) is 23.8. The molecular weight excluding hydrogens is 418 g/mol. The highest BCUT2D eigenvalue weighted by Gasteiger charge is 2.26. The summed E-state index contributed by atoms with van der Waals surface area (Å²) in [4.78, 5) is 39.6. The molecule has 168 valence electrons. The van der Waals surface area contributed by atoms with Crippen molar-refractivity contribution in [2.45, 2.75) is 20.3 Å². The van der Waals surface area contributed by atoms with Crippen LogP contribution in [-0.2, 0) is 9.59 Å². The second kappa shape index (κ2) is 10.9. The minimum Gasteiger partial charge on any atom is -0.497 e. The molecule has 33 heavy (non-hydrogen) atoms. The number of hydrogen-bond donors (Lipinski definition) is 1. The highest BCUT2D eigenvalue weighted by Crippen LogP contribution is 2.19. The van der Waals surface area contributed by atoms with Crippen molar-refractivity contribution in [1.82, 2.24) is 5.43 Å². The van der Waals surface area contributed by atoms with Crippen LogP contribution in [0.3, 0.4) is 0 Å². The van der Waals surface area contributed by atoms with Crippen LogP contribution in [0.15, 0.2) is 84.0 Å². The fraction of sp³-hybridized carbons (Fsp3) is 0.154. The van der Waals surface area contributed by atoms with Crippen molar-refractivity contribution in [3.63, 3.8) is 0 Å². The van der Waals surface area contributed by atoms with Gasteiger partial charge < -0.3 is 4.74 Å². The highest BCUT2D eigenvalue weighted by atomic mass is 16.5. The SMILES string of the molecule is COc1ccc(C(C)=NNC(=O)CC(=O)N(C(=O)c2ccccc2)c2ccc(C)cc2)cc1. The van der Waals surface area contributed by atoms with Crippen LogP contribution in [0.25, 0.3) is 0 Å². The average Bonchev–Trinajstić information content (AvgIpc) is 2.84. The Bertz CT molecular complexity index is 1150. The molecule has 0 aliphatic carbocycles. The second-order valence-electron chi connectivity index (χ2n) is 7.37. The maximum absolute atomic E-state index is 13.1. The van der Waals surface area contributed by atoms with Gasteiger partial charge in [-0.15, -0.1) is 0 Å². The van der Waals surface area contributed by atoms with E-state index in [9.17, 15) is 14.4 Å². The van der Waals surface area contributed by atoms with Gasteiger partial charge in [0.1, 0.15) is 12.2 Å². The zero-order valence-electron chi connectivity index (χ0n) is 18.7. The van der Waals surface area contributed by atoms with E-state index in [1.807, 2.05) is 19.1 Å². The molecule has 7 heteroatoms. The maximum atomic E-state index is 13.1. The molecule has 3 rings (SSSR count). The van der Waals surface area contributed by atoms with Gasteiger partial charge in [0.15, 0.2) is 0 Å². The number of carbonyl (C=O) groups excluding carboxylic acids is 3. The van der Waals surface area contributed by atoms with Crippen LogP contribution in [0.2, 0.25) is 0 Å². The summed E-state index contributed by atoms with van der Waals surface area (Å²) in [6.07, 6.45) is -0.536. The van der Waals surface area contributed by atoms with Crippen molar-refractivity contribution in [3.05, 3.63) is 95.6 Å². The number of imide groups is 1. The predicted octanol–water partition coefficient (Wildman–Crippen LogP) is 4.11. The smallest absolute Gasteiger partial charge is 0.265 e. The molecule has 1 N–H and O–H groups in total. The number of benzene rings is 3. The standard InChI is InChI=1S/C26H25N3O4/c1-18-9-13-22(14-10-18)29(26(32)21-7-5-4-6-8-21)25(31)17-24(30)28-27-19(2)20-11-15-23(33-3)16-12-20/h4-16H,17H2,1-3H3,(H,28,30). The lowest BCUT2D eigenvalue weighted by Gasteiger charge is -2.21. The van der Waals surface area contributed by atoms with Gasteiger partial charge in [0.25, 0.3) is 5.91 Å². The summed E-state index contributed by atoms with van der Waals surface area (Å²) in [6.45, 7) is 3.65. The summed E-state index contributed by atoms with van der Waals surface area (Å²) in [5.41, 5.74) is 5.48. The molecule has 0 unspecified atom stereocenters. The van der Waals surface area contributed by atoms with Gasteiger partial charge in [-0.3, -0.25) is 14.4 Å². The highest BCUT2D eigenvalue weighted by molar-refractivity contribution is 6.23. The molecule has 0 spiro atoms. The Morgan fingerprint density at radius 3 is 2.12 bits per heavy atom. The number of aryl methyl sites for hydroxylation is 1. The quantitative estimate of drug-likeness (QED) is 0.338. The first-order valence-electron chi connectivity index (χ1n) is 10.4. The van der Waals surface area contributed by atoms with Crippen molar-refractivity contribution in [2.24, 2.45) is 5.10 Å². The van der Waals surface area contributed by atoms with Gasteiger partial charge in [-0.25, -0.2) is 10.3 Å². The van der Waals surface area contributed by atoms with Crippen molar-refractivity contribution in [3.8, 4) is 5.75 Å². The number of ether oxygens (including phenoxy) is 1. The van der Waals surface area contributed by atoms with Gasteiger partial charge in [-0.2, -0.15) is 5.10 Å². The number of anilines is 1. The minimum atomic E-state index is -0.650. The van der Waals surface area contributed by atoms with Crippen LogP contribution in [0, 0.1) is 6.92 Å². The molecule has 7 nitrogen and oxygen atoms in total. The van der Waals surface area contributed by atoms with Gasteiger partial charge in [-0.05, 0) is 67.9 Å². The number of methoxy groups -OCH3 is 1. The lowest BCUT2D eigenvalue weighted by atomic mass is 10.1. The lowest BCUT2D eigenvalue weighted by molar-refractivity contribution is -0.127. The van der Waals surface area contributed by atoms with E-state index in [4.69, 9.17) is 4.74 Å². The first-order chi connectivity index (χ1) is 15.9. The molecule has 0 saturated carbocycles. The Hall–Kier alpha value is -4.26. The Kier molecular flexibility index (Phi) is 7.70. The molecule has 0 atom stereocenters. The molecule has 0 aliphatic heterocycles. The zero-order valence-corrected chi connectivity index (χ0v) is 18.7. The molecule has 0 heterocycles. The lowest BCUT2D eigenvalue weighted by Crippen LogP contribution is -2.39. The Balaban J connectivity index is 1.74. The van der Waals surface area contributed by atoms with E-state index in [0.717, 1.165) is 16.0 Å². The summed E-state index contributed by atoms with van der Waals surface area (Å²) in [5, 5.41) is 4.07. The van der Waals surface area contributed by atoms with E-state index in [0.29, 0.717) is 22.7 Å². The largest absolute Gasteiger partial charge is 0.497 e. The normalized spacial score (nSPS) is 10.9. The monoisotopic (exact) mass is 443 g/mol. The van der Waals surface area contributed by atoms with E-state index in [2.05, 4.69) is 10.5 Å². The number of nitrogens with one attached hydrogen (secondary N) is 1. The number of amides is 3. The Morgan fingerprint density at radius 2 is 1.52 bits per heavy atom. The summed E-state index contributed by atoms with van der Waals surface area (Å²) >= 11 is 0. The number of rotatable bonds is 7. The van der Waals surface area contributed by atoms with E-state index >= 15 is 0 Å². The topological polar surface area (TPSA) is 88.1 Å². The van der Waals surface area contributed by atoms with E-state index in [1.54, 1.807) is 80.8 Å². The average molecular weight is 444 g/mol. The van der Waals surface area contributed by atoms with E-state index in [1.165, 1.54) is 0 Å². The maximum Gasteiger partial charge on any atom is 0.265 e. The molecule has 0 radical (unpaired) electrons. The van der Waals surface area contributed by atoms with Gasteiger partial charge in [0.2, 0.25) is 11.8 Å². The first-order valence-corrected chi connectivity index (χ1v) is 10.4. The van der Waals surface area contributed by atoms with Gasteiger partial charge in [0.05, 0.1) is 18.5 Å². The predicted molar refractivity (Wildman–Crippen MR) is 127 cm³/mol.